The average molecular weight is 181 g/mol. The van der Waals surface area contributed by atoms with Gasteiger partial charge in [0, 0.05) is 11.6 Å². The summed E-state index contributed by atoms with van der Waals surface area (Å²) in [5.41, 5.74) is 8.48. The van der Waals surface area contributed by atoms with Gasteiger partial charge in [0.25, 0.3) is 0 Å². The van der Waals surface area contributed by atoms with E-state index in [1.165, 1.54) is 0 Å². The molecule has 1 aromatic rings. The number of hydrogen-bond acceptors (Lipinski definition) is 1. The number of rotatable bonds is 2. The van der Waals surface area contributed by atoms with Crippen molar-refractivity contribution >= 4 is 0 Å². The molecule has 0 spiro atoms. The first-order chi connectivity index (χ1) is 6.06. The topological polar surface area (TPSA) is 26.0 Å². The van der Waals surface area contributed by atoms with Gasteiger partial charge in [-0.05, 0) is 37.5 Å². The molecule has 0 saturated heterocycles. The molecule has 1 nitrogen and oxygen atoms in total. The highest BCUT2D eigenvalue weighted by atomic mass is 19.1. The van der Waals surface area contributed by atoms with Crippen LogP contribution in [0.15, 0.2) is 12.1 Å². The van der Waals surface area contributed by atoms with Gasteiger partial charge in [-0.3, -0.25) is 0 Å². The van der Waals surface area contributed by atoms with Crippen molar-refractivity contribution in [1.82, 2.24) is 0 Å². The maximum absolute atomic E-state index is 13.4. The molecule has 0 heterocycles. The molecule has 0 aliphatic rings. The molecule has 2 N–H and O–H groups in total. The molecule has 1 unspecified atom stereocenters. The fourth-order valence-corrected chi connectivity index (χ4v) is 1.31. The molecule has 1 atom stereocenters. The molecule has 1 rings (SSSR count). The van der Waals surface area contributed by atoms with Gasteiger partial charge < -0.3 is 5.73 Å². The summed E-state index contributed by atoms with van der Waals surface area (Å²) >= 11 is 0. The first-order valence-corrected chi connectivity index (χ1v) is 4.58. The largest absolute Gasteiger partial charge is 0.324 e. The second kappa shape index (κ2) is 3.88. The highest BCUT2D eigenvalue weighted by molar-refractivity contribution is 5.32. The van der Waals surface area contributed by atoms with E-state index in [2.05, 4.69) is 0 Å². The highest BCUT2D eigenvalue weighted by Crippen LogP contribution is 2.21. The summed E-state index contributed by atoms with van der Waals surface area (Å²) < 4.78 is 13.4. The van der Waals surface area contributed by atoms with Gasteiger partial charge in [-0.1, -0.05) is 13.0 Å². The smallest absolute Gasteiger partial charge is 0.128 e. The molecule has 13 heavy (non-hydrogen) atoms. The summed E-state index contributed by atoms with van der Waals surface area (Å²) in [6.07, 6.45) is 0.763. The van der Waals surface area contributed by atoms with Crippen LogP contribution in [0.5, 0.6) is 0 Å². The van der Waals surface area contributed by atoms with Crippen molar-refractivity contribution in [2.75, 3.05) is 0 Å². The number of hydrogen-bond donors (Lipinski definition) is 1. The molecule has 0 fully saturated rings. The molecule has 2 heteroatoms. The van der Waals surface area contributed by atoms with Gasteiger partial charge in [0.1, 0.15) is 5.82 Å². The predicted octanol–water partition coefficient (Wildman–Crippen LogP) is 2.85. The molecule has 72 valence electrons. The minimum Gasteiger partial charge on any atom is -0.324 e. The van der Waals surface area contributed by atoms with E-state index >= 15 is 0 Å². The highest BCUT2D eigenvalue weighted by Gasteiger charge is 2.10. The van der Waals surface area contributed by atoms with Gasteiger partial charge >= 0.3 is 0 Å². The SMILES string of the molecule is CCC(N)c1cc(C)c(C)cc1F. The van der Waals surface area contributed by atoms with Gasteiger partial charge in [0.15, 0.2) is 0 Å². The fraction of sp³-hybridized carbons (Fsp3) is 0.455. The van der Waals surface area contributed by atoms with Crippen LogP contribution >= 0.6 is 0 Å². The summed E-state index contributed by atoms with van der Waals surface area (Å²) in [7, 11) is 0. The third kappa shape index (κ3) is 2.07. The summed E-state index contributed by atoms with van der Waals surface area (Å²) in [5.74, 6) is -0.183. The van der Waals surface area contributed by atoms with Gasteiger partial charge in [-0.25, -0.2) is 4.39 Å². The zero-order chi connectivity index (χ0) is 10.0. The van der Waals surface area contributed by atoms with Crippen LogP contribution in [0, 0.1) is 19.7 Å². The molecule has 0 aliphatic heterocycles. The summed E-state index contributed by atoms with van der Waals surface area (Å²) in [5, 5.41) is 0. The van der Waals surface area contributed by atoms with Gasteiger partial charge in [0.05, 0.1) is 0 Å². The molecule has 1 aromatic carbocycles. The van der Waals surface area contributed by atoms with Gasteiger partial charge in [0.2, 0.25) is 0 Å². The van der Waals surface area contributed by atoms with Gasteiger partial charge in [-0.2, -0.15) is 0 Å². The average Bonchev–Trinajstić information content (AvgIpc) is 2.10. The molecular weight excluding hydrogens is 165 g/mol. The van der Waals surface area contributed by atoms with Crippen molar-refractivity contribution in [2.45, 2.75) is 33.2 Å². The van der Waals surface area contributed by atoms with Crippen LogP contribution in [0.1, 0.15) is 36.1 Å². The van der Waals surface area contributed by atoms with E-state index in [4.69, 9.17) is 5.73 Å². The van der Waals surface area contributed by atoms with E-state index in [-0.39, 0.29) is 11.9 Å². The van der Waals surface area contributed by atoms with Crippen LogP contribution in [0.25, 0.3) is 0 Å². The lowest BCUT2D eigenvalue weighted by atomic mass is 9.99. The Morgan fingerprint density at radius 2 is 1.85 bits per heavy atom. The first kappa shape index (κ1) is 10.2. The Labute approximate surface area is 78.8 Å². The molecule has 0 amide bonds. The second-order valence-corrected chi connectivity index (χ2v) is 3.47. The number of nitrogens with two attached hydrogens (primary N) is 1. The number of halogens is 1. The van der Waals surface area contributed by atoms with Crippen molar-refractivity contribution in [3.63, 3.8) is 0 Å². The van der Waals surface area contributed by atoms with Crippen LogP contribution < -0.4 is 5.73 Å². The Morgan fingerprint density at radius 3 is 2.38 bits per heavy atom. The Balaban J connectivity index is 3.15. The third-order valence-electron chi connectivity index (χ3n) is 2.45. The van der Waals surface area contributed by atoms with Crippen molar-refractivity contribution in [3.05, 3.63) is 34.6 Å². The normalized spacial score (nSPS) is 13.0. The van der Waals surface area contributed by atoms with E-state index in [0.717, 1.165) is 17.5 Å². The maximum atomic E-state index is 13.4. The standard InChI is InChI=1S/C11H16FN/c1-4-11(13)9-5-7(2)8(3)6-10(9)12/h5-6,11H,4,13H2,1-3H3. The minimum atomic E-state index is -0.183. The quantitative estimate of drug-likeness (QED) is 0.746. The fourth-order valence-electron chi connectivity index (χ4n) is 1.31. The molecule has 0 aliphatic carbocycles. The van der Waals surface area contributed by atoms with E-state index < -0.39 is 0 Å². The van der Waals surface area contributed by atoms with E-state index in [0.29, 0.717) is 5.56 Å². The van der Waals surface area contributed by atoms with Crippen molar-refractivity contribution < 1.29 is 4.39 Å². The van der Waals surface area contributed by atoms with E-state index in [1.54, 1.807) is 6.07 Å². The lowest BCUT2D eigenvalue weighted by molar-refractivity contribution is 0.573. The van der Waals surface area contributed by atoms with Crippen LogP contribution in [0.4, 0.5) is 4.39 Å². The predicted molar refractivity (Wildman–Crippen MR) is 53.1 cm³/mol. The summed E-state index contributed by atoms with van der Waals surface area (Å²) in [6, 6.07) is 3.22. The van der Waals surface area contributed by atoms with Crippen LogP contribution in [0.3, 0.4) is 0 Å². The monoisotopic (exact) mass is 181 g/mol. The van der Waals surface area contributed by atoms with Crippen LogP contribution in [0.2, 0.25) is 0 Å². The zero-order valence-corrected chi connectivity index (χ0v) is 8.39. The maximum Gasteiger partial charge on any atom is 0.128 e. The van der Waals surface area contributed by atoms with E-state index in [1.807, 2.05) is 26.8 Å². The minimum absolute atomic E-state index is 0.181. The van der Waals surface area contributed by atoms with Gasteiger partial charge in [-0.15, -0.1) is 0 Å². The zero-order valence-electron chi connectivity index (χ0n) is 8.39. The van der Waals surface area contributed by atoms with E-state index in [9.17, 15) is 4.39 Å². The summed E-state index contributed by atoms with van der Waals surface area (Å²) in [4.78, 5) is 0. The van der Waals surface area contributed by atoms with Crippen molar-refractivity contribution in [3.8, 4) is 0 Å². The first-order valence-electron chi connectivity index (χ1n) is 4.58. The molecule has 0 bridgehead atoms. The third-order valence-corrected chi connectivity index (χ3v) is 2.45. The molecular formula is C11H16FN. The van der Waals surface area contributed by atoms with Crippen LogP contribution in [-0.2, 0) is 0 Å². The molecule has 0 aromatic heterocycles. The molecule has 0 saturated carbocycles. The Bertz CT molecular complexity index is 307. The lowest BCUT2D eigenvalue weighted by Gasteiger charge is -2.12. The number of aryl methyl sites for hydroxylation is 2. The Morgan fingerprint density at radius 1 is 1.31 bits per heavy atom. The second-order valence-electron chi connectivity index (χ2n) is 3.47. The summed E-state index contributed by atoms with van der Waals surface area (Å²) in [6.45, 7) is 5.83. The van der Waals surface area contributed by atoms with Crippen LogP contribution in [-0.4, -0.2) is 0 Å². The van der Waals surface area contributed by atoms with Crippen molar-refractivity contribution in [1.29, 1.82) is 0 Å². The lowest BCUT2D eigenvalue weighted by Crippen LogP contribution is -2.11. The Hall–Kier alpha value is -0.890. The molecule has 0 radical (unpaired) electrons. The van der Waals surface area contributed by atoms with Crippen molar-refractivity contribution in [2.24, 2.45) is 5.73 Å². The number of benzene rings is 1. The Kier molecular flexibility index (Phi) is 3.04.